The molecule has 146 valence electrons. The summed E-state index contributed by atoms with van der Waals surface area (Å²) in [7, 11) is 4.02. The quantitative estimate of drug-likeness (QED) is 0.268. The summed E-state index contributed by atoms with van der Waals surface area (Å²) < 4.78 is 0. The summed E-state index contributed by atoms with van der Waals surface area (Å²) in [6, 6.07) is 0. The fourth-order valence-corrected chi connectivity index (χ4v) is 3.36. The normalized spacial score (nSPS) is 18.2. The molecule has 1 atom stereocenters. The average Bonchev–Trinajstić information content (AvgIpc) is 2.62. The molecule has 0 saturated carbocycles. The Morgan fingerprint density at radius 1 is 1.20 bits per heavy atom. The first kappa shape index (κ1) is 22.0. The number of aliphatic imine (C=N–C) groups is 1. The second-order valence-electron chi connectivity index (χ2n) is 7.33. The van der Waals surface area contributed by atoms with Crippen LogP contribution in [0, 0.1) is 5.92 Å². The second kappa shape index (κ2) is 13.2. The number of unbranched alkanes of at least 4 members (excludes halogenated alkanes) is 3. The third kappa shape index (κ3) is 9.26. The number of nitrogens with one attached hydrogen (secondary N) is 1. The SMILES string of the molecule is C=CCCCCCN(C)C(=NC)NCC(C)CN1CCN(CC)CC1. The third-order valence-corrected chi connectivity index (χ3v) is 5.07. The summed E-state index contributed by atoms with van der Waals surface area (Å²) in [4.78, 5) is 11.8. The van der Waals surface area contributed by atoms with Gasteiger partial charge in [-0.25, -0.2) is 0 Å². The van der Waals surface area contributed by atoms with Gasteiger partial charge in [0.25, 0.3) is 0 Å². The Kier molecular flexibility index (Phi) is 11.6. The molecule has 0 aromatic rings. The predicted molar refractivity (Wildman–Crippen MR) is 110 cm³/mol. The van der Waals surface area contributed by atoms with Crippen LogP contribution < -0.4 is 5.32 Å². The number of hydrogen-bond donors (Lipinski definition) is 1. The largest absolute Gasteiger partial charge is 0.356 e. The second-order valence-corrected chi connectivity index (χ2v) is 7.33. The summed E-state index contributed by atoms with van der Waals surface area (Å²) in [6.45, 7) is 17.6. The fraction of sp³-hybridized carbons (Fsp3) is 0.850. The lowest BCUT2D eigenvalue weighted by molar-refractivity contribution is 0.124. The smallest absolute Gasteiger partial charge is 0.193 e. The van der Waals surface area contributed by atoms with Crippen molar-refractivity contribution in [2.75, 3.05) is 66.5 Å². The van der Waals surface area contributed by atoms with E-state index in [-0.39, 0.29) is 0 Å². The van der Waals surface area contributed by atoms with Gasteiger partial charge in [0.1, 0.15) is 0 Å². The Bertz CT molecular complexity index is 374. The van der Waals surface area contributed by atoms with Crippen molar-refractivity contribution in [2.24, 2.45) is 10.9 Å². The first-order valence-electron chi connectivity index (χ1n) is 10.1. The van der Waals surface area contributed by atoms with Gasteiger partial charge in [0.15, 0.2) is 5.96 Å². The van der Waals surface area contributed by atoms with E-state index >= 15 is 0 Å². The van der Waals surface area contributed by atoms with E-state index in [4.69, 9.17) is 0 Å². The molecule has 1 aliphatic rings. The van der Waals surface area contributed by atoms with Crippen molar-refractivity contribution < 1.29 is 0 Å². The monoisotopic (exact) mass is 351 g/mol. The number of likely N-dealkylation sites (N-methyl/N-ethyl adjacent to an activating group) is 1. The molecular formula is C20H41N5. The average molecular weight is 352 g/mol. The van der Waals surface area contributed by atoms with Crippen molar-refractivity contribution in [3.63, 3.8) is 0 Å². The van der Waals surface area contributed by atoms with Crippen molar-refractivity contribution in [2.45, 2.75) is 39.5 Å². The van der Waals surface area contributed by atoms with Crippen LogP contribution >= 0.6 is 0 Å². The van der Waals surface area contributed by atoms with E-state index in [9.17, 15) is 0 Å². The predicted octanol–water partition coefficient (Wildman–Crippen LogP) is 2.51. The van der Waals surface area contributed by atoms with Gasteiger partial charge < -0.3 is 20.0 Å². The highest BCUT2D eigenvalue weighted by Crippen LogP contribution is 2.06. The van der Waals surface area contributed by atoms with Gasteiger partial charge in [-0.3, -0.25) is 4.99 Å². The highest BCUT2D eigenvalue weighted by Gasteiger charge is 2.17. The zero-order valence-corrected chi connectivity index (χ0v) is 17.1. The van der Waals surface area contributed by atoms with Crippen LogP contribution in [0.15, 0.2) is 17.6 Å². The highest BCUT2D eigenvalue weighted by molar-refractivity contribution is 5.79. The molecule has 1 N–H and O–H groups in total. The van der Waals surface area contributed by atoms with Gasteiger partial charge in [-0.05, 0) is 31.7 Å². The molecule has 1 rings (SSSR count). The summed E-state index contributed by atoms with van der Waals surface area (Å²) in [5, 5.41) is 3.55. The van der Waals surface area contributed by atoms with Crippen LogP contribution in [0.5, 0.6) is 0 Å². The summed E-state index contributed by atoms with van der Waals surface area (Å²) in [6.07, 6.45) is 6.84. The number of hydrogen-bond acceptors (Lipinski definition) is 3. The van der Waals surface area contributed by atoms with E-state index in [1.54, 1.807) is 0 Å². The standard InChI is InChI=1S/C20H41N5/c1-6-8-9-10-11-12-23(5)20(21-4)22-17-19(3)18-25-15-13-24(7-2)14-16-25/h6,19H,1,7-18H2,2-5H3,(H,21,22). The molecule has 5 nitrogen and oxygen atoms in total. The van der Waals surface area contributed by atoms with Crippen LogP contribution in [0.2, 0.25) is 0 Å². The van der Waals surface area contributed by atoms with E-state index in [0.29, 0.717) is 5.92 Å². The first-order valence-corrected chi connectivity index (χ1v) is 10.1. The van der Waals surface area contributed by atoms with Crippen molar-refractivity contribution in [3.05, 3.63) is 12.7 Å². The van der Waals surface area contributed by atoms with Gasteiger partial charge in [0.2, 0.25) is 0 Å². The Morgan fingerprint density at radius 3 is 2.48 bits per heavy atom. The van der Waals surface area contributed by atoms with Crippen LogP contribution in [0.3, 0.4) is 0 Å². The zero-order chi connectivity index (χ0) is 18.5. The minimum Gasteiger partial charge on any atom is -0.356 e. The van der Waals surface area contributed by atoms with Crippen LogP contribution in [0.4, 0.5) is 0 Å². The summed E-state index contributed by atoms with van der Waals surface area (Å²) in [5.41, 5.74) is 0. The van der Waals surface area contributed by atoms with Crippen molar-refractivity contribution in [1.82, 2.24) is 20.0 Å². The molecular weight excluding hydrogens is 310 g/mol. The molecule has 0 bridgehead atoms. The van der Waals surface area contributed by atoms with E-state index in [0.717, 1.165) is 25.5 Å². The lowest BCUT2D eigenvalue weighted by Crippen LogP contribution is -2.48. The molecule has 0 spiro atoms. The Morgan fingerprint density at radius 2 is 1.88 bits per heavy atom. The first-order chi connectivity index (χ1) is 12.1. The lowest BCUT2D eigenvalue weighted by atomic mass is 10.1. The van der Waals surface area contributed by atoms with Crippen molar-refractivity contribution in [3.8, 4) is 0 Å². The van der Waals surface area contributed by atoms with Crippen molar-refractivity contribution in [1.29, 1.82) is 0 Å². The molecule has 1 unspecified atom stereocenters. The van der Waals surface area contributed by atoms with Crippen LogP contribution in [-0.2, 0) is 0 Å². The van der Waals surface area contributed by atoms with Crippen LogP contribution in [-0.4, -0.2) is 87.1 Å². The number of nitrogens with zero attached hydrogens (tertiary/aromatic N) is 4. The molecule has 0 radical (unpaired) electrons. The molecule has 1 fully saturated rings. The van der Waals surface area contributed by atoms with E-state index < -0.39 is 0 Å². The molecule has 1 aliphatic heterocycles. The lowest BCUT2D eigenvalue weighted by Gasteiger charge is -2.35. The van der Waals surface area contributed by atoms with Gasteiger partial charge in [-0.15, -0.1) is 6.58 Å². The van der Waals surface area contributed by atoms with Crippen LogP contribution in [0.25, 0.3) is 0 Å². The van der Waals surface area contributed by atoms with E-state index in [2.05, 4.69) is 52.5 Å². The maximum Gasteiger partial charge on any atom is 0.193 e. The molecule has 0 aromatic heterocycles. The topological polar surface area (TPSA) is 34.1 Å². The summed E-state index contributed by atoms with van der Waals surface area (Å²) in [5.74, 6) is 1.65. The maximum absolute atomic E-state index is 4.44. The fourth-order valence-electron chi connectivity index (χ4n) is 3.36. The molecule has 1 saturated heterocycles. The maximum atomic E-state index is 4.44. The van der Waals surface area contributed by atoms with Gasteiger partial charge in [-0.1, -0.05) is 26.3 Å². The van der Waals surface area contributed by atoms with E-state index in [1.807, 2.05) is 13.1 Å². The molecule has 1 heterocycles. The Labute approximate surface area is 156 Å². The summed E-state index contributed by atoms with van der Waals surface area (Å²) >= 11 is 0. The number of allylic oxidation sites excluding steroid dienone is 1. The van der Waals surface area contributed by atoms with Crippen LogP contribution in [0.1, 0.15) is 39.5 Å². The van der Waals surface area contributed by atoms with E-state index in [1.165, 1.54) is 58.5 Å². The highest BCUT2D eigenvalue weighted by atomic mass is 15.3. The molecule has 5 heteroatoms. The van der Waals surface area contributed by atoms with Gasteiger partial charge in [-0.2, -0.15) is 0 Å². The number of piperazine rings is 1. The Hall–Kier alpha value is -1.07. The molecule has 25 heavy (non-hydrogen) atoms. The Balaban J connectivity index is 2.21. The molecule has 0 amide bonds. The zero-order valence-electron chi connectivity index (χ0n) is 17.1. The van der Waals surface area contributed by atoms with Gasteiger partial charge in [0, 0.05) is 59.9 Å². The van der Waals surface area contributed by atoms with Gasteiger partial charge >= 0.3 is 0 Å². The molecule has 0 aromatic carbocycles. The van der Waals surface area contributed by atoms with Crippen molar-refractivity contribution >= 4 is 5.96 Å². The van der Waals surface area contributed by atoms with Gasteiger partial charge in [0.05, 0.1) is 0 Å². The third-order valence-electron chi connectivity index (χ3n) is 5.07. The minimum atomic E-state index is 0.630. The minimum absolute atomic E-state index is 0.630. The number of guanidine groups is 1. The molecule has 0 aliphatic carbocycles. The number of rotatable bonds is 11.